The van der Waals surface area contributed by atoms with E-state index in [1.165, 1.54) is 12.8 Å². The van der Waals surface area contributed by atoms with Crippen LogP contribution in [-0.2, 0) is 14.4 Å². The van der Waals surface area contributed by atoms with E-state index in [4.69, 9.17) is 5.11 Å². The van der Waals surface area contributed by atoms with Gasteiger partial charge in [0.1, 0.15) is 6.04 Å². The van der Waals surface area contributed by atoms with E-state index in [0.29, 0.717) is 24.0 Å². The average Bonchev–Trinajstić information content (AvgIpc) is 3.20. The molecule has 0 aromatic carbocycles. The number of carbonyl (C=O) groups is 3. The molecule has 0 radical (unpaired) electrons. The topological polar surface area (TPSA) is 90.0 Å². The zero-order valence-electron chi connectivity index (χ0n) is 14.6. The van der Waals surface area contributed by atoms with Gasteiger partial charge in [-0.25, -0.2) is 0 Å². The van der Waals surface area contributed by atoms with Gasteiger partial charge < -0.3 is 15.3 Å². The molecule has 1 aliphatic heterocycles. The maximum Gasteiger partial charge on any atom is 0.317 e. The Hall–Kier alpha value is -1.28. The van der Waals surface area contributed by atoms with Gasteiger partial charge in [-0.2, -0.15) is 0 Å². The van der Waals surface area contributed by atoms with Crippen LogP contribution in [0.5, 0.6) is 0 Å². The fraction of sp³-hybridized carbons (Fsp3) is 0.824. The Balaban J connectivity index is 1.46. The Morgan fingerprint density at radius 2 is 2.00 bits per heavy atom. The Kier molecular flexibility index (Phi) is 5.89. The number of hydrogen-bond acceptors (Lipinski definition) is 5. The van der Waals surface area contributed by atoms with Crippen molar-refractivity contribution in [1.82, 2.24) is 15.1 Å². The molecule has 2 saturated carbocycles. The molecule has 1 saturated heterocycles. The first-order valence-electron chi connectivity index (χ1n) is 9.11. The van der Waals surface area contributed by atoms with Gasteiger partial charge in [0.2, 0.25) is 11.8 Å². The number of hydrogen-bond donors (Lipinski definition) is 2. The molecule has 0 aromatic heterocycles. The molecule has 2 amide bonds. The number of thioether (sulfide) groups is 1. The van der Waals surface area contributed by atoms with Crippen LogP contribution < -0.4 is 5.32 Å². The van der Waals surface area contributed by atoms with Crippen molar-refractivity contribution < 1.29 is 19.5 Å². The number of carboxylic acids is 1. The summed E-state index contributed by atoms with van der Waals surface area (Å²) in [5, 5.41) is 12.1. The molecule has 8 heteroatoms. The molecule has 0 spiro atoms. The van der Waals surface area contributed by atoms with Gasteiger partial charge in [0.05, 0.1) is 12.4 Å². The zero-order chi connectivity index (χ0) is 18.0. The molecule has 1 heterocycles. The number of carboxylic acid groups (broad SMARTS) is 1. The lowest BCUT2D eigenvalue weighted by atomic mass is 9.85. The fourth-order valence-corrected chi connectivity index (χ4v) is 4.74. The quantitative estimate of drug-likeness (QED) is 0.656. The van der Waals surface area contributed by atoms with Crippen molar-refractivity contribution >= 4 is 29.5 Å². The number of amides is 2. The molecule has 1 atom stereocenters. The second kappa shape index (κ2) is 7.95. The molecule has 0 aromatic rings. The molecule has 7 nitrogen and oxygen atoms in total. The Bertz CT molecular complexity index is 534. The summed E-state index contributed by atoms with van der Waals surface area (Å²) in [6.07, 6.45) is 4.41. The number of nitrogens with one attached hydrogen (secondary N) is 1. The van der Waals surface area contributed by atoms with Gasteiger partial charge in [0, 0.05) is 30.8 Å². The summed E-state index contributed by atoms with van der Waals surface area (Å²) in [5.74, 6) is 1.06. The maximum absolute atomic E-state index is 12.5. The van der Waals surface area contributed by atoms with Crippen molar-refractivity contribution in [3.8, 4) is 0 Å². The highest BCUT2D eigenvalue weighted by molar-refractivity contribution is 7.99. The lowest BCUT2D eigenvalue weighted by molar-refractivity contribution is -0.140. The molecule has 25 heavy (non-hydrogen) atoms. The van der Waals surface area contributed by atoms with Crippen LogP contribution in [0.2, 0.25) is 0 Å². The zero-order valence-corrected chi connectivity index (χ0v) is 15.5. The highest BCUT2D eigenvalue weighted by Gasteiger charge is 2.40. The molecule has 3 rings (SSSR count). The van der Waals surface area contributed by atoms with Gasteiger partial charge in [-0.1, -0.05) is 6.92 Å². The molecule has 140 valence electrons. The first-order chi connectivity index (χ1) is 12.0. The van der Waals surface area contributed by atoms with Crippen LogP contribution in [-0.4, -0.2) is 75.5 Å². The van der Waals surface area contributed by atoms with Crippen molar-refractivity contribution in [2.75, 3.05) is 24.7 Å². The summed E-state index contributed by atoms with van der Waals surface area (Å²) in [6, 6.07) is -0.0245. The standard InChI is InChI=1S/C17H27N3O4S/c1-2-15(21)20-10-25-9-14(20)17(24)18-12-5-13(6-12)19(8-16(22)23)7-11-3-4-11/h11-14H,2-10H2,1H3,(H,18,24)(H,22,23). The van der Waals surface area contributed by atoms with Crippen LogP contribution >= 0.6 is 11.8 Å². The van der Waals surface area contributed by atoms with Crippen LogP contribution in [0.25, 0.3) is 0 Å². The predicted molar refractivity (Wildman–Crippen MR) is 95.1 cm³/mol. The highest BCUT2D eigenvalue weighted by Crippen LogP contribution is 2.34. The second-order valence-electron chi connectivity index (χ2n) is 7.33. The highest BCUT2D eigenvalue weighted by atomic mass is 32.2. The Morgan fingerprint density at radius 3 is 2.60 bits per heavy atom. The van der Waals surface area contributed by atoms with Crippen LogP contribution in [0.4, 0.5) is 0 Å². The summed E-state index contributed by atoms with van der Waals surface area (Å²) in [5.41, 5.74) is 0. The molecule has 3 aliphatic rings. The lowest BCUT2D eigenvalue weighted by Gasteiger charge is -2.43. The van der Waals surface area contributed by atoms with Crippen molar-refractivity contribution in [3.63, 3.8) is 0 Å². The monoisotopic (exact) mass is 369 g/mol. The second-order valence-corrected chi connectivity index (χ2v) is 8.33. The average molecular weight is 369 g/mol. The third-order valence-corrected chi connectivity index (χ3v) is 6.32. The van der Waals surface area contributed by atoms with Crippen LogP contribution in [0.3, 0.4) is 0 Å². The van der Waals surface area contributed by atoms with Gasteiger partial charge >= 0.3 is 5.97 Å². The van der Waals surface area contributed by atoms with Gasteiger partial charge in [-0.3, -0.25) is 19.3 Å². The minimum absolute atomic E-state index is 0.0219. The van der Waals surface area contributed by atoms with Crippen LogP contribution in [0, 0.1) is 5.92 Å². The van der Waals surface area contributed by atoms with Crippen molar-refractivity contribution in [2.45, 2.75) is 57.2 Å². The van der Waals surface area contributed by atoms with E-state index in [1.807, 2.05) is 6.92 Å². The molecule has 1 unspecified atom stereocenters. The minimum Gasteiger partial charge on any atom is -0.480 e. The maximum atomic E-state index is 12.5. The van der Waals surface area contributed by atoms with E-state index < -0.39 is 5.97 Å². The number of aliphatic carboxylic acids is 1. The first kappa shape index (κ1) is 18.5. The smallest absolute Gasteiger partial charge is 0.317 e. The van der Waals surface area contributed by atoms with Gasteiger partial charge in [-0.15, -0.1) is 11.8 Å². The Morgan fingerprint density at radius 1 is 1.28 bits per heavy atom. The molecule has 3 fully saturated rings. The van der Waals surface area contributed by atoms with Gasteiger partial charge in [-0.05, 0) is 31.6 Å². The Labute approximate surface area is 152 Å². The largest absolute Gasteiger partial charge is 0.480 e. The summed E-state index contributed by atoms with van der Waals surface area (Å²) in [4.78, 5) is 39.2. The SMILES string of the molecule is CCC(=O)N1CSCC1C(=O)NC1CC(N(CC(=O)O)CC2CC2)C1. The number of carbonyl (C=O) groups excluding carboxylic acids is 2. The third kappa shape index (κ3) is 4.67. The lowest BCUT2D eigenvalue weighted by Crippen LogP contribution is -2.58. The third-order valence-electron chi connectivity index (χ3n) is 5.31. The van der Waals surface area contributed by atoms with E-state index in [0.717, 1.165) is 19.4 Å². The molecular formula is C17H27N3O4S. The van der Waals surface area contributed by atoms with Crippen molar-refractivity contribution in [3.05, 3.63) is 0 Å². The van der Waals surface area contributed by atoms with E-state index >= 15 is 0 Å². The summed E-state index contributed by atoms with van der Waals surface area (Å²) in [7, 11) is 0. The first-order valence-corrected chi connectivity index (χ1v) is 10.3. The van der Waals surface area contributed by atoms with E-state index in [2.05, 4.69) is 10.2 Å². The normalized spacial score (nSPS) is 28.7. The van der Waals surface area contributed by atoms with Gasteiger partial charge in [0.15, 0.2) is 0 Å². The summed E-state index contributed by atoms with van der Waals surface area (Å²) < 4.78 is 0. The van der Waals surface area contributed by atoms with Crippen LogP contribution in [0.1, 0.15) is 39.0 Å². The fourth-order valence-electron chi connectivity index (χ4n) is 3.56. The summed E-state index contributed by atoms with van der Waals surface area (Å²) >= 11 is 1.61. The van der Waals surface area contributed by atoms with E-state index in [9.17, 15) is 14.4 Å². The van der Waals surface area contributed by atoms with Crippen molar-refractivity contribution in [2.24, 2.45) is 5.92 Å². The molecule has 2 aliphatic carbocycles. The molecular weight excluding hydrogens is 342 g/mol. The summed E-state index contributed by atoms with van der Waals surface area (Å²) in [6.45, 7) is 2.75. The van der Waals surface area contributed by atoms with Gasteiger partial charge in [0.25, 0.3) is 0 Å². The van der Waals surface area contributed by atoms with Crippen LogP contribution in [0.15, 0.2) is 0 Å². The molecule has 2 N–H and O–H groups in total. The minimum atomic E-state index is -0.787. The predicted octanol–water partition coefficient (Wildman–Crippen LogP) is 0.742. The van der Waals surface area contributed by atoms with Crippen molar-refractivity contribution in [1.29, 1.82) is 0 Å². The number of nitrogens with zero attached hydrogens (tertiary/aromatic N) is 2. The van der Waals surface area contributed by atoms with E-state index in [-0.39, 0.29) is 36.5 Å². The van der Waals surface area contributed by atoms with E-state index in [1.54, 1.807) is 16.7 Å². The molecule has 0 bridgehead atoms. The number of rotatable bonds is 8.